The minimum Gasteiger partial charge on any atom is -0.192 e. The van der Waals surface area contributed by atoms with Crippen LogP contribution in [0.5, 0.6) is 0 Å². The van der Waals surface area contributed by atoms with Gasteiger partial charge in [-0.15, -0.1) is 0 Å². The molecule has 0 aliphatic rings. The predicted molar refractivity (Wildman–Crippen MR) is 45.9 cm³/mol. The number of halogens is 6. The largest absolute Gasteiger partial charge is 0.418 e. The van der Waals surface area contributed by atoms with E-state index in [-0.39, 0.29) is 6.07 Å². The van der Waals surface area contributed by atoms with Crippen molar-refractivity contribution in [2.45, 2.75) is 12.4 Å². The highest BCUT2D eigenvalue weighted by Crippen LogP contribution is 2.42. The molecule has 0 fully saturated rings. The molecule has 0 bridgehead atoms. The predicted octanol–water partition coefficient (Wildman–Crippen LogP) is 3.47. The molecule has 8 heteroatoms. The number of nitrogens with zero attached hydrogens (tertiary/aromatic N) is 2. The van der Waals surface area contributed by atoms with Gasteiger partial charge in [-0.05, 0) is 12.1 Å². The maximum Gasteiger partial charge on any atom is 0.418 e. The van der Waals surface area contributed by atoms with E-state index in [0.717, 1.165) is 6.07 Å². The molecule has 0 spiro atoms. The molecule has 0 heterocycles. The quantitative estimate of drug-likeness (QED) is 0.673. The van der Waals surface area contributed by atoms with Gasteiger partial charge in [0.05, 0.1) is 22.3 Å². The summed E-state index contributed by atoms with van der Waals surface area (Å²) < 4.78 is 75.1. The molecular weight excluding hydrogens is 262 g/mol. The third-order valence-corrected chi connectivity index (χ3v) is 2.03. The molecule has 0 unspecified atom stereocenters. The first-order valence-electron chi connectivity index (χ1n) is 4.24. The topological polar surface area (TPSA) is 47.6 Å². The molecule has 0 aliphatic heterocycles. The molecule has 0 aromatic heterocycles. The highest BCUT2D eigenvalue weighted by molar-refractivity contribution is 5.55. The van der Waals surface area contributed by atoms with Crippen LogP contribution in [0, 0.1) is 22.7 Å². The van der Waals surface area contributed by atoms with E-state index in [0.29, 0.717) is 6.07 Å². The number of hydrogen-bond acceptors (Lipinski definition) is 2. The number of nitriles is 2. The van der Waals surface area contributed by atoms with Gasteiger partial charge in [0.25, 0.3) is 0 Å². The van der Waals surface area contributed by atoms with E-state index >= 15 is 0 Å². The van der Waals surface area contributed by atoms with Crippen LogP contribution < -0.4 is 0 Å². The fourth-order valence-corrected chi connectivity index (χ4v) is 1.34. The Kier molecular flexibility index (Phi) is 3.25. The monoisotopic (exact) mass is 264 g/mol. The van der Waals surface area contributed by atoms with Crippen LogP contribution in [0.4, 0.5) is 26.3 Å². The van der Waals surface area contributed by atoms with Gasteiger partial charge in [-0.1, -0.05) is 0 Å². The molecule has 0 radical (unpaired) electrons. The van der Waals surface area contributed by atoms with Crippen molar-refractivity contribution >= 4 is 0 Å². The lowest BCUT2D eigenvalue weighted by Crippen LogP contribution is -2.19. The van der Waals surface area contributed by atoms with E-state index in [2.05, 4.69) is 0 Å². The van der Waals surface area contributed by atoms with Gasteiger partial charge in [-0.25, -0.2) is 0 Å². The normalized spacial score (nSPS) is 11.8. The van der Waals surface area contributed by atoms with Crippen molar-refractivity contribution in [3.63, 3.8) is 0 Å². The number of rotatable bonds is 0. The van der Waals surface area contributed by atoms with E-state index in [1.165, 1.54) is 6.07 Å². The Bertz CT molecular complexity index is 556. The van der Waals surface area contributed by atoms with Crippen LogP contribution in [-0.2, 0) is 12.4 Å². The summed E-state index contributed by atoms with van der Waals surface area (Å²) in [5.41, 5.74) is -6.18. The minimum atomic E-state index is -5.37. The van der Waals surface area contributed by atoms with Crippen LogP contribution >= 0.6 is 0 Å². The summed E-state index contributed by atoms with van der Waals surface area (Å²) in [6.07, 6.45) is -10.6. The van der Waals surface area contributed by atoms with Gasteiger partial charge in [0.15, 0.2) is 0 Å². The molecule has 0 N–H and O–H groups in total. The Hall–Kier alpha value is -2.22. The van der Waals surface area contributed by atoms with Crippen molar-refractivity contribution < 1.29 is 26.3 Å². The molecule has 1 aromatic rings. The standard InChI is InChI=1S/C10H2F6N2/c11-9(12,13)7-2-1-5(3-17)6(4-18)8(7)10(14,15)16/h1-2H. The maximum absolute atomic E-state index is 12.6. The molecule has 0 atom stereocenters. The fraction of sp³-hybridized carbons (Fsp3) is 0.200. The van der Waals surface area contributed by atoms with E-state index < -0.39 is 34.6 Å². The number of alkyl halides is 6. The van der Waals surface area contributed by atoms with E-state index in [1.807, 2.05) is 0 Å². The Morgan fingerprint density at radius 3 is 1.72 bits per heavy atom. The summed E-state index contributed by atoms with van der Waals surface area (Å²) in [5, 5.41) is 17.0. The third-order valence-electron chi connectivity index (χ3n) is 2.03. The zero-order valence-electron chi connectivity index (χ0n) is 8.32. The van der Waals surface area contributed by atoms with Crippen molar-refractivity contribution in [3.8, 4) is 12.1 Å². The van der Waals surface area contributed by atoms with Crippen LogP contribution in [-0.4, -0.2) is 0 Å². The fourth-order valence-electron chi connectivity index (χ4n) is 1.34. The van der Waals surface area contributed by atoms with Gasteiger partial charge in [0, 0.05) is 0 Å². The molecule has 94 valence electrons. The number of hydrogen-bond donors (Lipinski definition) is 0. The molecule has 18 heavy (non-hydrogen) atoms. The summed E-state index contributed by atoms with van der Waals surface area (Å²) in [7, 11) is 0. The Morgan fingerprint density at radius 1 is 0.833 bits per heavy atom. The molecule has 2 nitrogen and oxygen atoms in total. The van der Waals surface area contributed by atoms with E-state index in [4.69, 9.17) is 10.5 Å². The second kappa shape index (κ2) is 4.22. The average Bonchev–Trinajstić information content (AvgIpc) is 2.24. The lowest BCUT2D eigenvalue weighted by atomic mass is 9.96. The van der Waals surface area contributed by atoms with Crippen molar-refractivity contribution in [1.29, 1.82) is 10.5 Å². The molecule has 0 amide bonds. The molecule has 1 rings (SSSR count). The van der Waals surface area contributed by atoms with Crippen LogP contribution in [0.2, 0.25) is 0 Å². The van der Waals surface area contributed by atoms with Gasteiger partial charge in [0.2, 0.25) is 0 Å². The Balaban J connectivity index is 3.81. The minimum absolute atomic E-state index is 0.141. The van der Waals surface area contributed by atoms with Gasteiger partial charge in [0.1, 0.15) is 12.1 Å². The Morgan fingerprint density at radius 2 is 1.39 bits per heavy atom. The molecule has 0 saturated carbocycles. The first-order chi connectivity index (χ1) is 8.12. The van der Waals surface area contributed by atoms with Crippen LogP contribution in [0.15, 0.2) is 12.1 Å². The van der Waals surface area contributed by atoms with E-state index in [9.17, 15) is 26.3 Å². The SMILES string of the molecule is N#Cc1ccc(C(F)(F)F)c(C(F)(F)F)c1C#N. The van der Waals surface area contributed by atoms with E-state index in [1.54, 1.807) is 0 Å². The first kappa shape index (κ1) is 13.8. The van der Waals surface area contributed by atoms with Crippen molar-refractivity contribution in [3.05, 3.63) is 34.4 Å². The summed E-state index contributed by atoms with van der Waals surface area (Å²) >= 11 is 0. The third kappa shape index (κ3) is 2.38. The summed E-state index contributed by atoms with van der Waals surface area (Å²) in [5.74, 6) is 0. The highest BCUT2D eigenvalue weighted by atomic mass is 19.4. The van der Waals surface area contributed by atoms with Gasteiger partial charge in [-0.2, -0.15) is 36.9 Å². The summed E-state index contributed by atoms with van der Waals surface area (Å²) in [6.45, 7) is 0. The molecule has 1 aromatic carbocycles. The van der Waals surface area contributed by atoms with Crippen molar-refractivity contribution in [2.24, 2.45) is 0 Å². The van der Waals surface area contributed by atoms with Crippen molar-refractivity contribution in [2.75, 3.05) is 0 Å². The van der Waals surface area contributed by atoms with Crippen LogP contribution in [0.1, 0.15) is 22.3 Å². The maximum atomic E-state index is 12.6. The lowest BCUT2D eigenvalue weighted by molar-refractivity contribution is -0.162. The zero-order valence-corrected chi connectivity index (χ0v) is 8.32. The smallest absolute Gasteiger partial charge is 0.192 e. The van der Waals surface area contributed by atoms with Crippen molar-refractivity contribution in [1.82, 2.24) is 0 Å². The summed E-state index contributed by atoms with van der Waals surface area (Å²) in [6, 6.07) is 2.92. The lowest BCUT2D eigenvalue weighted by Gasteiger charge is -2.17. The second-order valence-corrected chi connectivity index (χ2v) is 3.13. The molecule has 0 saturated heterocycles. The van der Waals surface area contributed by atoms with Crippen LogP contribution in [0.25, 0.3) is 0 Å². The molecular formula is C10H2F6N2. The molecule has 0 aliphatic carbocycles. The zero-order chi connectivity index (χ0) is 14.1. The Labute approximate surface area is 96.7 Å². The van der Waals surface area contributed by atoms with Gasteiger partial charge >= 0.3 is 12.4 Å². The highest BCUT2D eigenvalue weighted by Gasteiger charge is 2.45. The first-order valence-corrected chi connectivity index (χ1v) is 4.24. The summed E-state index contributed by atoms with van der Waals surface area (Å²) in [4.78, 5) is 0. The van der Waals surface area contributed by atoms with Crippen LogP contribution in [0.3, 0.4) is 0 Å². The second-order valence-electron chi connectivity index (χ2n) is 3.13. The van der Waals surface area contributed by atoms with Gasteiger partial charge in [-0.3, -0.25) is 0 Å². The van der Waals surface area contributed by atoms with Gasteiger partial charge < -0.3 is 0 Å². The number of benzene rings is 1. The average molecular weight is 264 g/mol.